The van der Waals surface area contributed by atoms with E-state index in [2.05, 4.69) is 28.0 Å². The molecule has 0 aliphatic carbocycles. The van der Waals surface area contributed by atoms with E-state index in [1.54, 1.807) is 0 Å². The first-order valence-electron chi connectivity index (χ1n) is 7.33. The van der Waals surface area contributed by atoms with E-state index in [4.69, 9.17) is 0 Å². The highest BCUT2D eigenvalue weighted by molar-refractivity contribution is 9.10. The summed E-state index contributed by atoms with van der Waals surface area (Å²) in [6.45, 7) is 8.87. The van der Waals surface area contributed by atoms with Crippen LogP contribution in [-0.4, -0.2) is 15.6 Å². The molecule has 2 aromatic rings. The van der Waals surface area contributed by atoms with Gasteiger partial charge in [0.25, 0.3) is 0 Å². The molecular formula is C17H21BrN2O. The Morgan fingerprint density at radius 3 is 2.38 bits per heavy atom. The highest BCUT2D eigenvalue weighted by atomic mass is 79.9. The number of nitrogens with zero attached hydrogens (tertiary/aromatic N) is 2. The van der Waals surface area contributed by atoms with Crippen LogP contribution in [0.25, 0.3) is 0 Å². The molecular weight excluding hydrogens is 328 g/mol. The van der Waals surface area contributed by atoms with Gasteiger partial charge in [-0.15, -0.1) is 0 Å². The van der Waals surface area contributed by atoms with Gasteiger partial charge in [-0.1, -0.05) is 25.1 Å². The first kappa shape index (κ1) is 16.0. The predicted octanol–water partition coefficient (Wildman–Crippen LogP) is 4.27. The number of aromatic nitrogens is 2. The average Bonchev–Trinajstić information content (AvgIpc) is 2.75. The molecule has 4 heteroatoms. The van der Waals surface area contributed by atoms with Crippen molar-refractivity contribution in [2.24, 2.45) is 0 Å². The lowest BCUT2D eigenvalue weighted by Gasteiger charge is -2.10. The summed E-state index contributed by atoms with van der Waals surface area (Å²) in [7, 11) is 0. The molecule has 0 N–H and O–H groups in total. The number of ketones is 1. The Bertz CT molecular complexity index is 653. The van der Waals surface area contributed by atoms with E-state index in [0.29, 0.717) is 6.42 Å². The summed E-state index contributed by atoms with van der Waals surface area (Å²) >= 11 is 3.61. The molecule has 1 aromatic heterocycles. The van der Waals surface area contributed by atoms with E-state index in [9.17, 15) is 4.79 Å². The largest absolute Gasteiger partial charge is 0.294 e. The normalized spacial score (nSPS) is 10.9. The predicted molar refractivity (Wildman–Crippen MR) is 88.9 cm³/mol. The Balaban J connectivity index is 2.38. The van der Waals surface area contributed by atoms with Gasteiger partial charge in [-0.25, -0.2) is 0 Å². The van der Waals surface area contributed by atoms with E-state index < -0.39 is 0 Å². The van der Waals surface area contributed by atoms with Gasteiger partial charge in [0.2, 0.25) is 0 Å². The molecule has 1 heterocycles. The summed E-state index contributed by atoms with van der Waals surface area (Å²) in [5.41, 5.74) is 4.90. The van der Waals surface area contributed by atoms with Crippen LogP contribution in [0.2, 0.25) is 0 Å². The van der Waals surface area contributed by atoms with E-state index in [-0.39, 0.29) is 5.78 Å². The number of carbonyl (C=O) groups is 1. The first-order valence-corrected chi connectivity index (χ1v) is 8.12. The standard InChI is InChI=1S/C17H21BrN2O/c1-5-13-17(18)14(20(6-2)19-13)10-15(21)16-11(3)8-7-9-12(16)4/h7-9H,5-6,10H2,1-4H3. The van der Waals surface area contributed by atoms with Crippen LogP contribution < -0.4 is 0 Å². The molecule has 112 valence electrons. The molecule has 0 amide bonds. The smallest absolute Gasteiger partial charge is 0.169 e. The summed E-state index contributed by atoms with van der Waals surface area (Å²) in [6, 6.07) is 5.97. The number of rotatable bonds is 5. The molecule has 1 aromatic carbocycles. The molecule has 21 heavy (non-hydrogen) atoms. The number of Topliss-reactive ketones (excluding diaryl/α,β-unsaturated/α-hetero) is 1. The van der Waals surface area contributed by atoms with Crippen molar-refractivity contribution in [2.75, 3.05) is 0 Å². The van der Waals surface area contributed by atoms with Crippen molar-refractivity contribution in [3.8, 4) is 0 Å². The van der Waals surface area contributed by atoms with Gasteiger partial charge >= 0.3 is 0 Å². The maximum absolute atomic E-state index is 12.7. The Labute approximate surface area is 134 Å². The van der Waals surface area contributed by atoms with E-state index in [0.717, 1.165) is 45.5 Å². The lowest BCUT2D eigenvalue weighted by atomic mass is 9.96. The lowest BCUT2D eigenvalue weighted by molar-refractivity contribution is 0.0989. The Kier molecular flexibility index (Phi) is 4.99. The number of benzene rings is 1. The third-order valence-corrected chi connectivity index (χ3v) is 4.70. The van der Waals surface area contributed by atoms with Crippen molar-refractivity contribution in [2.45, 2.75) is 47.1 Å². The van der Waals surface area contributed by atoms with Crippen molar-refractivity contribution in [1.82, 2.24) is 9.78 Å². The first-order chi connectivity index (χ1) is 9.99. The maximum atomic E-state index is 12.7. The zero-order chi connectivity index (χ0) is 15.6. The van der Waals surface area contributed by atoms with Crippen LogP contribution in [0.4, 0.5) is 0 Å². The SMILES string of the molecule is CCc1nn(CC)c(CC(=O)c2c(C)cccc2C)c1Br. The van der Waals surface area contributed by atoms with Crippen molar-refractivity contribution in [1.29, 1.82) is 0 Å². The second kappa shape index (κ2) is 6.56. The van der Waals surface area contributed by atoms with Gasteiger partial charge in [0.05, 0.1) is 22.3 Å². The molecule has 3 nitrogen and oxygen atoms in total. The van der Waals surface area contributed by atoms with Gasteiger partial charge in [-0.3, -0.25) is 9.48 Å². The van der Waals surface area contributed by atoms with Crippen LogP contribution in [0, 0.1) is 13.8 Å². The molecule has 0 saturated carbocycles. The van der Waals surface area contributed by atoms with Crippen LogP contribution in [0.3, 0.4) is 0 Å². The fraction of sp³-hybridized carbons (Fsp3) is 0.412. The number of hydrogen-bond donors (Lipinski definition) is 0. The molecule has 0 radical (unpaired) electrons. The summed E-state index contributed by atoms with van der Waals surface area (Å²) in [4.78, 5) is 12.7. The molecule has 0 bridgehead atoms. The number of aryl methyl sites for hydroxylation is 4. The highest BCUT2D eigenvalue weighted by Gasteiger charge is 2.19. The van der Waals surface area contributed by atoms with Crippen LogP contribution >= 0.6 is 15.9 Å². The minimum atomic E-state index is 0.156. The molecule has 0 saturated heterocycles. The van der Waals surface area contributed by atoms with Crippen molar-refractivity contribution in [3.05, 3.63) is 50.8 Å². The molecule has 0 unspecified atom stereocenters. The van der Waals surface area contributed by atoms with Crippen LogP contribution in [-0.2, 0) is 19.4 Å². The monoisotopic (exact) mass is 348 g/mol. The minimum absolute atomic E-state index is 0.156. The van der Waals surface area contributed by atoms with Crippen molar-refractivity contribution >= 4 is 21.7 Å². The number of halogens is 1. The zero-order valence-corrected chi connectivity index (χ0v) is 14.6. The van der Waals surface area contributed by atoms with Gasteiger partial charge < -0.3 is 0 Å². The summed E-state index contributed by atoms with van der Waals surface area (Å²) < 4.78 is 2.90. The number of carbonyl (C=O) groups excluding carboxylic acids is 1. The Morgan fingerprint density at radius 2 is 1.86 bits per heavy atom. The second-order valence-corrected chi connectivity index (χ2v) is 6.04. The minimum Gasteiger partial charge on any atom is -0.294 e. The van der Waals surface area contributed by atoms with E-state index >= 15 is 0 Å². The van der Waals surface area contributed by atoms with Gasteiger partial charge in [0, 0.05) is 12.1 Å². The molecule has 0 aliphatic heterocycles. The van der Waals surface area contributed by atoms with E-state index in [1.165, 1.54) is 0 Å². The lowest BCUT2D eigenvalue weighted by Crippen LogP contribution is -2.12. The van der Waals surface area contributed by atoms with Crippen LogP contribution in [0.1, 0.15) is 46.7 Å². The molecule has 0 aliphatic rings. The van der Waals surface area contributed by atoms with Gasteiger partial charge in [-0.05, 0) is 54.2 Å². The quantitative estimate of drug-likeness (QED) is 0.756. The van der Waals surface area contributed by atoms with Crippen molar-refractivity contribution < 1.29 is 4.79 Å². The summed E-state index contributed by atoms with van der Waals surface area (Å²) in [6.07, 6.45) is 1.24. The Morgan fingerprint density at radius 1 is 1.24 bits per heavy atom. The Hall–Kier alpha value is -1.42. The van der Waals surface area contributed by atoms with Crippen LogP contribution in [0.15, 0.2) is 22.7 Å². The molecule has 2 rings (SSSR count). The van der Waals surface area contributed by atoms with Gasteiger partial charge in [0.1, 0.15) is 0 Å². The molecule has 0 spiro atoms. The fourth-order valence-electron chi connectivity index (χ4n) is 2.68. The third-order valence-electron chi connectivity index (χ3n) is 3.78. The topological polar surface area (TPSA) is 34.9 Å². The molecule has 0 fully saturated rings. The summed E-state index contributed by atoms with van der Waals surface area (Å²) in [5.74, 6) is 0.156. The maximum Gasteiger partial charge on any atom is 0.169 e. The van der Waals surface area contributed by atoms with Gasteiger partial charge in [0.15, 0.2) is 5.78 Å². The molecule has 0 atom stereocenters. The van der Waals surface area contributed by atoms with Crippen molar-refractivity contribution in [3.63, 3.8) is 0 Å². The fourth-order valence-corrected chi connectivity index (χ4v) is 3.39. The highest BCUT2D eigenvalue weighted by Crippen LogP contribution is 2.25. The zero-order valence-electron chi connectivity index (χ0n) is 13.0. The third kappa shape index (κ3) is 3.10. The number of hydrogen-bond acceptors (Lipinski definition) is 2. The summed E-state index contributed by atoms with van der Waals surface area (Å²) in [5, 5.41) is 4.56. The van der Waals surface area contributed by atoms with Gasteiger partial charge in [-0.2, -0.15) is 5.10 Å². The second-order valence-electron chi connectivity index (χ2n) is 5.24. The van der Waals surface area contributed by atoms with Crippen LogP contribution in [0.5, 0.6) is 0 Å². The average molecular weight is 349 g/mol. The van der Waals surface area contributed by atoms with E-state index in [1.807, 2.05) is 43.7 Å².